The van der Waals surface area contributed by atoms with Gasteiger partial charge in [0, 0.05) is 5.92 Å². The zero-order valence-corrected chi connectivity index (χ0v) is 8.49. The van der Waals surface area contributed by atoms with Crippen molar-refractivity contribution in [1.82, 2.24) is 9.97 Å². The molecule has 73 valence electrons. The molecule has 2 aromatic rings. The van der Waals surface area contributed by atoms with Crippen molar-refractivity contribution in [3.05, 3.63) is 61.2 Å². The third-order valence-electron chi connectivity index (χ3n) is 2.57. The molecule has 0 bridgehead atoms. The van der Waals surface area contributed by atoms with E-state index in [-0.39, 0.29) is 0 Å². The van der Waals surface area contributed by atoms with E-state index in [4.69, 9.17) is 0 Å². The molecule has 1 aromatic heterocycles. The van der Waals surface area contributed by atoms with E-state index in [1.165, 1.54) is 5.56 Å². The van der Waals surface area contributed by atoms with Crippen LogP contribution in [0.1, 0.15) is 11.4 Å². The third-order valence-corrected chi connectivity index (χ3v) is 2.57. The molecule has 2 heteroatoms. The van der Waals surface area contributed by atoms with E-state index in [2.05, 4.69) is 41.9 Å². The minimum atomic E-state index is 0.945. The number of aromatic nitrogens is 2. The predicted octanol–water partition coefficient (Wildman–Crippen LogP) is 2.62. The van der Waals surface area contributed by atoms with Gasteiger partial charge < -0.3 is 4.98 Å². The number of nitrogens with one attached hydrogen (secondary N) is 1. The van der Waals surface area contributed by atoms with Crippen molar-refractivity contribution in [1.29, 1.82) is 0 Å². The minimum Gasteiger partial charge on any atom is -0.341 e. The van der Waals surface area contributed by atoms with Crippen molar-refractivity contribution in [3.8, 4) is 0 Å². The van der Waals surface area contributed by atoms with E-state index >= 15 is 0 Å². The van der Waals surface area contributed by atoms with Crippen LogP contribution < -0.4 is 0 Å². The van der Waals surface area contributed by atoms with E-state index in [1.807, 2.05) is 18.9 Å². The summed E-state index contributed by atoms with van der Waals surface area (Å²) in [4.78, 5) is 7.87. The van der Waals surface area contributed by atoms with Crippen molar-refractivity contribution >= 4 is 11.0 Å². The molecular formula is C13H11N2. The standard InChI is InChI=1S/C13H11N2/c1-9-6-7-11-12(8-9)15-13(14-11)10-4-2-3-5-10/h2-8H,1H3,(H,14,15). The molecule has 0 unspecified atom stereocenters. The molecule has 1 fully saturated rings. The number of benzene rings is 1. The Morgan fingerprint density at radius 1 is 1.13 bits per heavy atom. The molecule has 15 heavy (non-hydrogen) atoms. The van der Waals surface area contributed by atoms with Gasteiger partial charge >= 0.3 is 0 Å². The first kappa shape index (κ1) is 8.96. The first-order valence-electron chi connectivity index (χ1n) is 5.01. The molecule has 0 atom stereocenters. The van der Waals surface area contributed by atoms with Crippen molar-refractivity contribution < 1.29 is 0 Å². The molecule has 0 aliphatic heterocycles. The summed E-state index contributed by atoms with van der Waals surface area (Å²) in [5.41, 5.74) is 3.38. The molecule has 1 aliphatic rings. The van der Waals surface area contributed by atoms with Crippen LogP contribution in [0, 0.1) is 38.5 Å². The number of hydrogen-bond acceptors (Lipinski definition) is 1. The smallest absolute Gasteiger partial charge is 0.115 e. The van der Waals surface area contributed by atoms with Gasteiger partial charge in [-0.25, -0.2) is 4.98 Å². The summed E-state index contributed by atoms with van der Waals surface area (Å²) < 4.78 is 0. The van der Waals surface area contributed by atoms with E-state index in [0.29, 0.717) is 0 Å². The second kappa shape index (κ2) is 3.37. The second-order valence-electron chi connectivity index (χ2n) is 3.78. The Labute approximate surface area is 89.7 Å². The van der Waals surface area contributed by atoms with E-state index in [9.17, 15) is 0 Å². The van der Waals surface area contributed by atoms with Crippen LogP contribution in [0.5, 0.6) is 0 Å². The number of imidazole rings is 1. The number of hydrogen-bond donors (Lipinski definition) is 1. The Kier molecular flexibility index (Phi) is 2.01. The van der Waals surface area contributed by atoms with Gasteiger partial charge in [-0.05, 0) is 50.3 Å². The molecule has 5 radical (unpaired) electrons. The molecule has 1 heterocycles. The maximum atomic E-state index is 4.54. The van der Waals surface area contributed by atoms with E-state index < -0.39 is 0 Å². The van der Waals surface area contributed by atoms with Crippen LogP contribution in [-0.4, -0.2) is 9.97 Å². The predicted molar refractivity (Wildman–Crippen MR) is 60.4 cm³/mol. The first-order chi connectivity index (χ1) is 7.33. The van der Waals surface area contributed by atoms with Gasteiger partial charge in [-0.1, -0.05) is 6.07 Å². The highest BCUT2D eigenvalue weighted by Crippen LogP contribution is 2.29. The Bertz CT molecular complexity index is 478. The van der Waals surface area contributed by atoms with Crippen molar-refractivity contribution in [2.24, 2.45) is 0 Å². The fraction of sp³-hybridized carbons (Fsp3) is 0.0769. The molecule has 0 saturated heterocycles. The van der Waals surface area contributed by atoms with Crippen LogP contribution in [0.4, 0.5) is 0 Å². The van der Waals surface area contributed by atoms with Crippen molar-refractivity contribution in [2.75, 3.05) is 0 Å². The summed E-state index contributed by atoms with van der Waals surface area (Å²) in [6.07, 6.45) is 8.16. The van der Waals surface area contributed by atoms with E-state index in [1.54, 1.807) is 0 Å². The van der Waals surface area contributed by atoms with Crippen molar-refractivity contribution in [2.45, 2.75) is 6.92 Å². The van der Waals surface area contributed by atoms with Gasteiger partial charge in [-0.3, -0.25) is 0 Å². The van der Waals surface area contributed by atoms with Crippen LogP contribution in [0.15, 0.2) is 18.2 Å². The van der Waals surface area contributed by atoms with Gasteiger partial charge in [-0.15, -0.1) is 0 Å². The minimum absolute atomic E-state index is 0.945. The summed E-state index contributed by atoms with van der Waals surface area (Å²) in [6, 6.07) is 6.25. The van der Waals surface area contributed by atoms with E-state index in [0.717, 1.165) is 22.8 Å². The highest BCUT2D eigenvalue weighted by molar-refractivity contribution is 5.76. The number of rotatable bonds is 1. The first-order valence-corrected chi connectivity index (χ1v) is 5.01. The summed E-state index contributed by atoms with van der Waals surface area (Å²) in [5.74, 6) is 2.09. The fourth-order valence-corrected chi connectivity index (χ4v) is 1.79. The maximum Gasteiger partial charge on any atom is 0.115 e. The Balaban J connectivity index is 2.05. The topological polar surface area (TPSA) is 28.7 Å². The molecule has 3 rings (SSSR count). The molecule has 1 aromatic carbocycles. The molecule has 1 N–H and O–H groups in total. The van der Waals surface area contributed by atoms with Gasteiger partial charge in [0.2, 0.25) is 0 Å². The molecule has 0 spiro atoms. The van der Waals surface area contributed by atoms with Gasteiger partial charge in [0.1, 0.15) is 5.82 Å². The lowest BCUT2D eigenvalue weighted by Crippen LogP contribution is -1.96. The lowest BCUT2D eigenvalue weighted by atomic mass is 10.1. The quantitative estimate of drug-likeness (QED) is 0.744. The van der Waals surface area contributed by atoms with Crippen LogP contribution in [0.2, 0.25) is 0 Å². The summed E-state index contributed by atoms with van der Waals surface area (Å²) >= 11 is 0. The largest absolute Gasteiger partial charge is 0.341 e. The average molecular weight is 195 g/mol. The number of aryl methyl sites for hydroxylation is 1. The molecule has 0 amide bonds. The second-order valence-corrected chi connectivity index (χ2v) is 3.78. The normalized spacial score (nSPS) is 17.7. The maximum absolute atomic E-state index is 4.54. The lowest BCUT2D eigenvalue weighted by Gasteiger charge is -2.00. The highest BCUT2D eigenvalue weighted by atomic mass is 14.9. The van der Waals surface area contributed by atoms with Crippen LogP contribution >= 0.6 is 0 Å². The highest BCUT2D eigenvalue weighted by Gasteiger charge is 2.21. The molecule has 2 nitrogen and oxygen atoms in total. The van der Waals surface area contributed by atoms with Crippen LogP contribution in [-0.2, 0) is 0 Å². The Hall–Kier alpha value is -1.31. The average Bonchev–Trinajstić information content (AvgIpc) is 2.84. The molecule has 1 aliphatic carbocycles. The zero-order valence-electron chi connectivity index (χ0n) is 8.49. The number of H-pyrrole nitrogens is 1. The Morgan fingerprint density at radius 3 is 2.73 bits per heavy atom. The van der Waals surface area contributed by atoms with Crippen molar-refractivity contribution in [3.63, 3.8) is 0 Å². The van der Waals surface area contributed by atoms with Gasteiger partial charge in [0.15, 0.2) is 0 Å². The summed E-state index contributed by atoms with van der Waals surface area (Å²) in [5, 5.41) is 0. The number of nitrogens with zero attached hydrogens (tertiary/aromatic N) is 1. The van der Waals surface area contributed by atoms with Crippen LogP contribution in [0.3, 0.4) is 0 Å². The van der Waals surface area contributed by atoms with Gasteiger partial charge in [0.05, 0.1) is 11.0 Å². The molecular weight excluding hydrogens is 184 g/mol. The number of aromatic amines is 1. The third kappa shape index (κ3) is 1.54. The van der Waals surface area contributed by atoms with Crippen LogP contribution in [0.25, 0.3) is 11.0 Å². The number of fused-ring (bicyclic) bond motifs is 1. The fourth-order valence-electron chi connectivity index (χ4n) is 1.79. The summed E-state index contributed by atoms with van der Waals surface area (Å²) in [7, 11) is 0. The molecule has 1 saturated carbocycles. The monoisotopic (exact) mass is 195 g/mol. The zero-order chi connectivity index (χ0) is 10.3. The lowest BCUT2D eigenvalue weighted by molar-refractivity contribution is 1.10. The Morgan fingerprint density at radius 2 is 1.93 bits per heavy atom. The van der Waals surface area contributed by atoms with Gasteiger partial charge in [0.25, 0.3) is 0 Å². The SMILES string of the molecule is Cc1ccc2nc([C]3[CH][CH][CH][CH]3)[nH]c2c1. The summed E-state index contributed by atoms with van der Waals surface area (Å²) in [6.45, 7) is 2.09. The van der Waals surface area contributed by atoms with Gasteiger partial charge in [-0.2, -0.15) is 0 Å².